The van der Waals surface area contributed by atoms with Crippen molar-refractivity contribution in [3.05, 3.63) is 65.2 Å². The van der Waals surface area contributed by atoms with E-state index in [1.54, 1.807) is 36.1 Å². The van der Waals surface area contributed by atoms with Gasteiger partial charge in [0.1, 0.15) is 30.6 Å². The molecule has 0 aliphatic heterocycles. The first-order valence-electron chi connectivity index (χ1n) is 11.8. The predicted octanol–water partition coefficient (Wildman–Crippen LogP) is 4.81. The van der Waals surface area contributed by atoms with Crippen LogP contribution in [0, 0.1) is 17.6 Å². The number of rotatable bonds is 13. The van der Waals surface area contributed by atoms with E-state index in [0.717, 1.165) is 37.0 Å². The second kappa shape index (κ2) is 13.0. The largest absolute Gasteiger partial charge is 0.492 e. The summed E-state index contributed by atoms with van der Waals surface area (Å²) in [5, 5.41) is 9.22. The predicted molar refractivity (Wildman–Crippen MR) is 124 cm³/mol. The lowest BCUT2D eigenvalue weighted by molar-refractivity contribution is -0.149. The van der Waals surface area contributed by atoms with Crippen LogP contribution in [0.15, 0.2) is 42.5 Å². The maximum Gasteiger partial charge on any atom is 0.410 e. The summed E-state index contributed by atoms with van der Waals surface area (Å²) in [5.41, 5.74) is 0.913. The normalized spacial score (nSPS) is 14.1. The summed E-state index contributed by atoms with van der Waals surface area (Å²) in [6.45, 7) is 2.82. The van der Waals surface area contributed by atoms with Crippen molar-refractivity contribution in [3.8, 4) is 5.75 Å². The third-order valence-corrected chi connectivity index (χ3v) is 5.95. The number of carboxylic acid groups (broad SMARTS) is 1. The Bertz CT molecular complexity index is 980. The number of carbonyl (C=O) groups is 2. The lowest BCUT2D eigenvalue weighted by Gasteiger charge is -2.31. The third-order valence-electron chi connectivity index (χ3n) is 5.95. The van der Waals surface area contributed by atoms with Gasteiger partial charge in [-0.3, -0.25) is 0 Å². The van der Waals surface area contributed by atoms with Crippen LogP contribution < -0.4 is 4.74 Å². The molecular weight excluding hydrogens is 460 g/mol. The van der Waals surface area contributed by atoms with E-state index in [1.807, 2.05) is 0 Å². The van der Waals surface area contributed by atoms with Crippen molar-refractivity contribution < 1.29 is 37.7 Å². The number of halogens is 2. The monoisotopic (exact) mass is 491 g/mol. The van der Waals surface area contributed by atoms with Gasteiger partial charge in [0.15, 0.2) is 6.10 Å². The van der Waals surface area contributed by atoms with Crippen LogP contribution in [-0.2, 0) is 27.3 Å². The van der Waals surface area contributed by atoms with Gasteiger partial charge in [-0.2, -0.15) is 0 Å². The number of hydrogen-bond donors (Lipinski definition) is 1. The van der Waals surface area contributed by atoms with Gasteiger partial charge in [-0.1, -0.05) is 18.6 Å². The second-order valence-corrected chi connectivity index (χ2v) is 8.51. The quantitative estimate of drug-likeness (QED) is 0.433. The van der Waals surface area contributed by atoms with Crippen LogP contribution in [0.5, 0.6) is 5.75 Å². The number of benzene rings is 2. The van der Waals surface area contributed by atoms with E-state index in [0.29, 0.717) is 24.8 Å². The Morgan fingerprint density at radius 2 is 1.89 bits per heavy atom. The number of nitrogens with zero attached hydrogens (tertiary/aromatic N) is 1. The molecule has 9 heteroatoms. The summed E-state index contributed by atoms with van der Waals surface area (Å²) < 4.78 is 43.2. The lowest BCUT2D eigenvalue weighted by Crippen LogP contribution is -2.40. The zero-order valence-corrected chi connectivity index (χ0v) is 19.8. The van der Waals surface area contributed by atoms with Crippen molar-refractivity contribution >= 4 is 12.1 Å². The highest BCUT2D eigenvalue weighted by atomic mass is 19.1. The minimum atomic E-state index is -1.01. The van der Waals surface area contributed by atoms with Crippen LogP contribution in [0.4, 0.5) is 13.6 Å². The molecule has 1 saturated carbocycles. The Kier molecular flexibility index (Phi) is 9.84. The number of aliphatic carboxylic acids is 1. The Hall–Kier alpha value is -3.20. The Morgan fingerprint density at radius 1 is 1.14 bits per heavy atom. The number of carbonyl (C=O) groups excluding carboxylic acids is 1. The molecule has 0 aromatic heterocycles. The minimum Gasteiger partial charge on any atom is -0.492 e. The molecule has 0 bridgehead atoms. The molecule has 0 saturated heterocycles. The highest BCUT2D eigenvalue weighted by Crippen LogP contribution is 2.27. The summed E-state index contributed by atoms with van der Waals surface area (Å²) in [6.07, 6.45) is 1.98. The molecule has 1 aliphatic carbocycles. The average molecular weight is 492 g/mol. The zero-order chi connectivity index (χ0) is 25.2. The summed E-state index contributed by atoms with van der Waals surface area (Å²) >= 11 is 0. The van der Waals surface area contributed by atoms with Gasteiger partial charge >= 0.3 is 12.1 Å². The number of amides is 1. The molecule has 1 aliphatic rings. The van der Waals surface area contributed by atoms with Crippen molar-refractivity contribution in [2.75, 3.05) is 26.3 Å². The van der Waals surface area contributed by atoms with Gasteiger partial charge in [0, 0.05) is 31.2 Å². The maximum absolute atomic E-state index is 13.8. The van der Waals surface area contributed by atoms with Gasteiger partial charge in [-0.15, -0.1) is 0 Å². The van der Waals surface area contributed by atoms with Crippen LogP contribution in [0.1, 0.15) is 37.3 Å². The van der Waals surface area contributed by atoms with Gasteiger partial charge in [-0.05, 0) is 55.5 Å². The molecule has 1 amide bonds. The molecule has 1 fully saturated rings. The number of carboxylic acids is 1. The summed E-state index contributed by atoms with van der Waals surface area (Å²) in [4.78, 5) is 25.5. The van der Waals surface area contributed by atoms with Crippen LogP contribution in [0.3, 0.4) is 0 Å². The van der Waals surface area contributed by atoms with E-state index in [4.69, 9.17) is 14.2 Å². The smallest absolute Gasteiger partial charge is 0.410 e. The lowest BCUT2D eigenvalue weighted by atomic mass is 9.85. The molecule has 35 heavy (non-hydrogen) atoms. The zero-order valence-electron chi connectivity index (χ0n) is 19.8. The SMILES string of the molecule is CCOC(Cc1ccc(OCCN(CC2CCC2)C(=O)OCc2ccc(F)cc2F)cc1)C(=O)O. The third kappa shape index (κ3) is 8.20. The highest BCUT2D eigenvalue weighted by molar-refractivity contribution is 5.72. The van der Waals surface area contributed by atoms with Crippen molar-refractivity contribution in [3.63, 3.8) is 0 Å². The molecule has 1 N–H and O–H groups in total. The van der Waals surface area contributed by atoms with Gasteiger partial charge in [0.05, 0.1) is 6.54 Å². The van der Waals surface area contributed by atoms with Crippen molar-refractivity contribution in [2.24, 2.45) is 5.92 Å². The van der Waals surface area contributed by atoms with Gasteiger partial charge in [0.2, 0.25) is 0 Å². The Balaban J connectivity index is 1.51. The molecule has 0 radical (unpaired) electrons. The fourth-order valence-electron chi connectivity index (χ4n) is 3.74. The van der Waals surface area contributed by atoms with E-state index in [2.05, 4.69) is 0 Å². The first-order chi connectivity index (χ1) is 16.9. The molecule has 7 nitrogen and oxygen atoms in total. The second-order valence-electron chi connectivity index (χ2n) is 8.51. The summed E-state index contributed by atoms with van der Waals surface area (Å²) in [7, 11) is 0. The highest BCUT2D eigenvalue weighted by Gasteiger charge is 2.25. The molecule has 1 unspecified atom stereocenters. The molecular formula is C26H31F2NO6. The van der Waals surface area contributed by atoms with E-state index in [1.165, 1.54) is 6.07 Å². The van der Waals surface area contributed by atoms with Crippen LogP contribution in [0.2, 0.25) is 0 Å². The van der Waals surface area contributed by atoms with Crippen LogP contribution in [-0.4, -0.2) is 54.5 Å². The van der Waals surface area contributed by atoms with Gasteiger partial charge < -0.3 is 24.2 Å². The molecule has 0 heterocycles. The fraction of sp³-hybridized carbons (Fsp3) is 0.462. The van der Waals surface area contributed by atoms with Crippen molar-refractivity contribution in [1.29, 1.82) is 0 Å². The van der Waals surface area contributed by atoms with E-state index in [9.17, 15) is 23.5 Å². The summed E-state index contributed by atoms with van der Waals surface area (Å²) in [5.74, 6) is -1.47. The van der Waals surface area contributed by atoms with Gasteiger partial charge in [-0.25, -0.2) is 18.4 Å². The number of ether oxygens (including phenoxy) is 3. The van der Waals surface area contributed by atoms with Gasteiger partial charge in [0.25, 0.3) is 0 Å². The Labute approximate surface area is 203 Å². The summed E-state index contributed by atoms with van der Waals surface area (Å²) in [6, 6.07) is 10.2. The molecule has 2 aromatic carbocycles. The number of hydrogen-bond acceptors (Lipinski definition) is 5. The minimum absolute atomic E-state index is 0.106. The molecule has 0 spiro atoms. The van der Waals surface area contributed by atoms with Crippen LogP contribution >= 0.6 is 0 Å². The average Bonchev–Trinajstić information content (AvgIpc) is 2.80. The first-order valence-corrected chi connectivity index (χ1v) is 11.8. The van der Waals surface area contributed by atoms with E-state index < -0.39 is 29.8 Å². The van der Waals surface area contributed by atoms with E-state index >= 15 is 0 Å². The topological polar surface area (TPSA) is 85.3 Å². The Morgan fingerprint density at radius 3 is 2.49 bits per heavy atom. The molecule has 190 valence electrons. The molecule has 1 atom stereocenters. The molecule has 2 aromatic rings. The maximum atomic E-state index is 13.8. The standard InChI is InChI=1S/C26H31F2NO6/c1-2-33-24(25(30)31)14-18-6-10-22(11-7-18)34-13-12-29(16-19-4-3-5-19)26(32)35-17-20-8-9-21(27)15-23(20)28/h6-11,15,19,24H,2-5,12-14,16-17H2,1H3,(H,30,31). The van der Waals surface area contributed by atoms with Crippen molar-refractivity contribution in [1.82, 2.24) is 4.90 Å². The first kappa shape index (κ1) is 26.4. The van der Waals surface area contributed by atoms with E-state index in [-0.39, 0.29) is 31.7 Å². The van der Waals surface area contributed by atoms with Crippen LogP contribution in [0.25, 0.3) is 0 Å². The fourth-order valence-corrected chi connectivity index (χ4v) is 3.74. The molecule has 3 rings (SSSR count). The van der Waals surface area contributed by atoms with Crippen molar-refractivity contribution in [2.45, 2.75) is 45.3 Å².